The highest BCUT2D eigenvalue weighted by Crippen LogP contribution is 2.27. The molecule has 6 nitrogen and oxygen atoms in total. The summed E-state index contributed by atoms with van der Waals surface area (Å²) in [5.74, 6) is -0.509. The Balaban J connectivity index is 1.48. The molecule has 0 aliphatic heterocycles. The molecule has 0 radical (unpaired) electrons. The molecule has 164 valence electrons. The fraction of sp³-hybridized carbons (Fsp3) is 0.192. The highest BCUT2D eigenvalue weighted by molar-refractivity contribution is 5.95. The quantitative estimate of drug-likeness (QED) is 0.453. The van der Waals surface area contributed by atoms with E-state index in [4.69, 9.17) is 0 Å². The summed E-state index contributed by atoms with van der Waals surface area (Å²) in [6.45, 7) is 2.08. The van der Waals surface area contributed by atoms with E-state index in [0.717, 1.165) is 11.1 Å². The molecule has 0 spiro atoms. The normalized spacial score (nSPS) is 10.4. The number of carbonyl (C=O) groups is 3. The maximum Gasteiger partial charge on any atom is 0.251 e. The summed E-state index contributed by atoms with van der Waals surface area (Å²) in [5, 5.41) is 8.34. The number of rotatable bonds is 9. The van der Waals surface area contributed by atoms with Crippen LogP contribution in [0.5, 0.6) is 0 Å². The molecular formula is C26H27N3O3. The maximum atomic E-state index is 12.6. The topological polar surface area (TPSA) is 87.3 Å². The minimum Gasteiger partial charge on any atom is -0.354 e. The van der Waals surface area contributed by atoms with Gasteiger partial charge in [-0.15, -0.1) is 0 Å². The van der Waals surface area contributed by atoms with Gasteiger partial charge in [-0.05, 0) is 35.4 Å². The van der Waals surface area contributed by atoms with Gasteiger partial charge in [-0.25, -0.2) is 0 Å². The highest BCUT2D eigenvalue weighted by Gasteiger charge is 2.17. The van der Waals surface area contributed by atoms with Crippen LogP contribution in [0.2, 0.25) is 0 Å². The monoisotopic (exact) mass is 429 g/mol. The zero-order valence-corrected chi connectivity index (χ0v) is 18.0. The van der Waals surface area contributed by atoms with Gasteiger partial charge in [0, 0.05) is 43.6 Å². The Morgan fingerprint density at radius 2 is 1.25 bits per heavy atom. The van der Waals surface area contributed by atoms with E-state index in [9.17, 15) is 14.4 Å². The van der Waals surface area contributed by atoms with E-state index in [1.165, 1.54) is 6.92 Å². The van der Waals surface area contributed by atoms with Crippen LogP contribution in [0, 0.1) is 0 Å². The molecule has 0 unspecified atom stereocenters. The van der Waals surface area contributed by atoms with Crippen molar-refractivity contribution >= 4 is 23.4 Å². The number of hydrogen-bond acceptors (Lipinski definition) is 3. The molecule has 0 saturated heterocycles. The Morgan fingerprint density at radius 3 is 1.78 bits per heavy atom. The summed E-state index contributed by atoms with van der Waals surface area (Å²) in [4.78, 5) is 35.9. The lowest BCUT2D eigenvalue weighted by molar-refractivity contribution is -0.121. The second-order valence-electron chi connectivity index (χ2n) is 7.44. The predicted octanol–water partition coefficient (Wildman–Crippen LogP) is 3.71. The van der Waals surface area contributed by atoms with E-state index >= 15 is 0 Å². The van der Waals surface area contributed by atoms with Crippen LogP contribution in [-0.2, 0) is 9.59 Å². The smallest absolute Gasteiger partial charge is 0.251 e. The van der Waals surface area contributed by atoms with Crippen LogP contribution in [-0.4, -0.2) is 30.8 Å². The number of benzene rings is 3. The molecule has 0 aliphatic rings. The SMILES string of the molecule is CC(=O)Nc1ccc(C(=O)NCCNC(=O)CC(c2ccccc2)c2ccccc2)cc1. The third-order valence-corrected chi connectivity index (χ3v) is 4.99. The fourth-order valence-corrected chi connectivity index (χ4v) is 3.44. The van der Waals surface area contributed by atoms with Crippen molar-refractivity contribution in [3.8, 4) is 0 Å². The first-order valence-electron chi connectivity index (χ1n) is 10.6. The van der Waals surface area contributed by atoms with E-state index in [-0.39, 0.29) is 23.6 Å². The Morgan fingerprint density at radius 1 is 0.719 bits per heavy atom. The Bertz CT molecular complexity index is 995. The van der Waals surface area contributed by atoms with Crippen LogP contribution < -0.4 is 16.0 Å². The maximum absolute atomic E-state index is 12.6. The molecule has 0 atom stereocenters. The van der Waals surface area contributed by atoms with E-state index in [1.54, 1.807) is 24.3 Å². The van der Waals surface area contributed by atoms with Gasteiger partial charge >= 0.3 is 0 Å². The molecule has 0 heterocycles. The van der Waals surface area contributed by atoms with Gasteiger partial charge in [-0.2, -0.15) is 0 Å². The summed E-state index contributed by atoms with van der Waals surface area (Å²) in [6, 6.07) is 26.6. The van der Waals surface area contributed by atoms with Crippen LogP contribution in [0.3, 0.4) is 0 Å². The number of anilines is 1. The molecule has 32 heavy (non-hydrogen) atoms. The van der Waals surface area contributed by atoms with Gasteiger partial charge in [-0.3, -0.25) is 14.4 Å². The van der Waals surface area contributed by atoms with Gasteiger partial charge in [0.2, 0.25) is 11.8 Å². The molecular weight excluding hydrogens is 402 g/mol. The zero-order valence-electron chi connectivity index (χ0n) is 18.0. The van der Waals surface area contributed by atoms with Crippen molar-refractivity contribution in [2.75, 3.05) is 18.4 Å². The van der Waals surface area contributed by atoms with Crippen LogP contribution in [0.4, 0.5) is 5.69 Å². The average Bonchev–Trinajstić information content (AvgIpc) is 2.81. The third-order valence-electron chi connectivity index (χ3n) is 4.99. The highest BCUT2D eigenvalue weighted by atomic mass is 16.2. The molecule has 0 bridgehead atoms. The van der Waals surface area contributed by atoms with Gasteiger partial charge in [-0.1, -0.05) is 60.7 Å². The van der Waals surface area contributed by atoms with Gasteiger partial charge in [0.1, 0.15) is 0 Å². The number of amides is 3. The lowest BCUT2D eigenvalue weighted by Crippen LogP contribution is -2.35. The first-order valence-corrected chi connectivity index (χ1v) is 10.6. The fourth-order valence-electron chi connectivity index (χ4n) is 3.44. The summed E-state index contributed by atoms with van der Waals surface area (Å²) in [7, 11) is 0. The minimum atomic E-state index is -0.236. The molecule has 3 rings (SSSR count). The Kier molecular flexibility index (Phi) is 8.15. The van der Waals surface area contributed by atoms with Gasteiger partial charge < -0.3 is 16.0 Å². The lowest BCUT2D eigenvalue weighted by atomic mass is 9.88. The molecule has 3 aromatic carbocycles. The molecule has 3 N–H and O–H groups in total. The van der Waals surface area contributed by atoms with Crippen LogP contribution in [0.15, 0.2) is 84.9 Å². The van der Waals surface area contributed by atoms with Gasteiger partial charge in [0.15, 0.2) is 0 Å². The summed E-state index contributed by atoms with van der Waals surface area (Å²) < 4.78 is 0. The van der Waals surface area contributed by atoms with Gasteiger partial charge in [0.25, 0.3) is 5.91 Å². The number of carbonyl (C=O) groups excluding carboxylic acids is 3. The van der Waals surface area contributed by atoms with Crippen LogP contribution in [0.25, 0.3) is 0 Å². The first kappa shape index (κ1) is 22.7. The van der Waals surface area contributed by atoms with Crippen molar-refractivity contribution in [2.45, 2.75) is 19.3 Å². The summed E-state index contributed by atoms with van der Waals surface area (Å²) in [6.07, 6.45) is 0.326. The first-order chi connectivity index (χ1) is 15.5. The van der Waals surface area contributed by atoms with E-state index in [2.05, 4.69) is 16.0 Å². The molecule has 3 aromatic rings. The van der Waals surface area contributed by atoms with Crippen molar-refractivity contribution in [3.63, 3.8) is 0 Å². The molecule has 0 aliphatic carbocycles. The van der Waals surface area contributed by atoms with Crippen LogP contribution >= 0.6 is 0 Å². The lowest BCUT2D eigenvalue weighted by Gasteiger charge is -2.18. The van der Waals surface area contributed by atoms with Gasteiger partial charge in [0.05, 0.1) is 0 Å². The average molecular weight is 430 g/mol. The van der Waals surface area contributed by atoms with Crippen molar-refractivity contribution in [3.05, 3.63) is 102 Å². The van der Waals surface area contributed by atoms with E-state index in [0.29, 0.717) is 30.8 Å². The summed E-state index contributed by atoms with van der Waals surface area (Å²) in [5.41, 5.74) is 3.29. The van der Waals surface area contributed by atoms with E-state index in [1.807, 2.05) is 60.7 Å². The second-order valence-corrected chi connectivity index (χ2v) is 7.44. The second kappa shape index (κ2) is 11.5. The number of hydrogen-bond donors (Lipinski definition) is 3. The standard InChI is InChI=1S/C26H27N3O3/c1-19(30)29-23-14-12-22(13-15-23)26(32)28-17-16-27-25(31)18-24(20-8-4-2-5-9-20)21-10-6-3-7-11-21/h2-15,24H,16-18H2,1H3,(H,27,31)(H,28,32)(H,29,30). The van der Waals surface area contributed by atoms with Crippen molar-refractivity contribution < 1.29 is 14.4 Å². The molecule has 3 amide bonds. The molecule has 0 aromatic heterocycles. The molecule has 6 heteroatoms. The Labute approximate surface area is 188 Å². The van der Waals surface area contributed by atoms with Crippen molar-refractivity contribution in [1.29, 1.82) is 0 Å². The van der Waals surface area contributed by atoms with Crippen LogP contribution in [0.1, 0.15) is 40.7 Å². The zero-order chi connectivity index (χ0) is 22.8. The summed E-state index contributed by atoms with van der Waals surface area (Å²) >= 11 is 0. The molecule has 0 saturated carbocycles. The third kappa shape index (κ3) is 6.80. The van der Waals surface area contributed by atoms with Crippen molar-refractivity contribution in [2.24, 2.45) is 0 Å². The number of nitrogens with one attached hydrogen (secondary N) is 3. The largest absolute Gasteiger partial charge is 0.354 e. The predicted molar refractivity (Wildman–Crippen MR) is 125 cm³/mol. The van der Waals surface area contributed by atoms with E-state index < -0.39 is 0 Å². The molecule has 0 fully saturated rings. The Hall–Kier alpha value is -3.93. The minimum absolute atomic E-state index is 0.0332. The van der Waals surface area contributed by atoms with Crippen molar-refractivity contribution in [1.82, 2.24) is 10.6 Å².